The van der Waals surface area contributed by atoms with Gasteiger partial charge in [-0.3, -0.25) is 9.88 Å². The summed E-state index contributed by atoms with van der Waals surface area (Å²) in [6, 6.07) is 13.1. The quantitative estimate of drug-likeness (QED) is 0.943. The van der Waals surface area contributed by atoms with Crippen LogP contribution in [0.2, 0.25) is 0 Å². The Morgan fingerprint density at radius 1 is 1.00 bits per heavy atom. The zero-order valence-corrected chi connectivity index (χ0v) is 13.7. The van der Waals surface area contributed by atoms with Gasteiger partial charge in [0.1, 0.15) is 0 Å². The normalized spacial score (nSPS) is 20.9. The minimum atomic E-state index is 0.591. The maximum absolute atomic E-state index is 4.11. The zero-order valence-electron chi connectivity index (χ0n) is 13.7. The van der Waals surface area contributed by atoms with Gasteiger partial charge in [-0.05, 0) is 79.2 Å². The van der Waals surface area contributed by atoms with Crippen molar-refractivity contribution < 1.29 is 0 Å². The molecule has 4 rings (SSSR count). The lowest BCUT2D eigenvalue weighted by molar-refractivity contribution is 0.194. The number of piperidine rings is 1. The summed E-state index contributed by atoms with van der Waals surface area (Å²) in [5.41, 5.74) is 4.55. The molecule has 3 heteroatoms. The summed E-state index contributed by atoms with van der Waals surface area (Å²) < 4.78 is 0. The van der Waals surface area contributed by atoms with E-state index in [9.17, 15) is 0 Å². The van der Waals surface area contributed by atoms with E-state index in [1.807, 2.05) is 12.4 Å². The molecule has 1 N–H and O–H groups in total. The molecule has 0 radical (unpaired) electrons. The highest BCUT2D eigenvalue weighted by molar-refractivity contribution is 5.63. The third-order valence-corrected chi connectivity index (χ3v) is 5.53. The molecule has 0 atom stereocenters. The lowest BCUT2D eigenvalue weighted by Crippen LogP contribution is -2.38. The van der Waals surface area contributed by atoms with Crippen LogP contribution in [-0.2, 0) is 6.54 Å². The van der Waals surface area contributed by atoms with Gasteiger partial charge in [-0.15, -0.1) is 0 Å². The monoisotopic (exact) mass is 307 g/mol. The standard InChI is InChI=1S/C20H25N3/c1-2-17(14-19(3-1)18-4-9-21-10-5-18)15-23-13-8-20(16-23)6-11-22-12-7-20/h1-5,9-10,14,22H,6-8,11-13,15-16H2. The summed E-state index contributed by atoms with van der Waals surface area (Å²) in [5.74, 6) is 0. The highest BCUT2D eigenvalue weighted by Crippen LogP contribution is 2.39. The molecule has 2 aliphatic heterocycles. The average Bonchev–Trinajstić information content (AvgIpc) is 2.98. The Labute approximate surface area is 138 Å². The topological polar surface area (TPSA) is 28.2 Å². The van der Waals surface area contributed by atoms with Gasteiger partial charge < -0.3 is 5.32 Å². The maximum Gasteiger partial charge on any atom is 0.0273 e. The molecule has 2 aliphatic rings. The van der Waals surface area contributed by atoms with Gasteiger partial charge in [-0.1, -0.05) is 18.2 Å². The van der Waals surface area contributed by atoms with E-state index in [1.54, 1.807) is 0 Å². The van der Waals surface area contributed by atoms with E-state index < -0.39 is 0 Å². The van der Waals surface area contributed by atoms with Gasteiger partial charge >= 0.3 is 0 Å². The summed E-state index contributed by atoms with van der Waals surface area (Å²) >= 11 is 0. The molecular weight excluding hydrogens is 282 g/mol. The number of rotatable bonds is 3. The summed E-state index contributed by atoms with van der Waals surface area (Å²) in [7, 11) is 0. The average molecular weight is 307 g/mol. The van der Waals surface area contributed by atoms with E-state index >= 15 is 0 Å². The van der Waals surface area contributed by atoms with Crippen molar-refractivity contribution in [2.24, 2.45) is 5.41 Å². The van der Waals surface area contributed by atoms with Crippen molar-refractivity contribution in [2.45, 2.75) is 25.8 Å². The molecule has 0 unspecified atom stereocenters. The van der Waals surface area contributed by atoms with Gasteiger partial charge in [0.25, 0.3) is 0 Å². The molecule has 2 fully saturated rings. The Hall–Kier alpha value is -1.71. The molecule has 2 saturated heterocycles. The number of hydrogen-bond acceptors (Lipinski definition) is 3. The zero-order chi connectivity index (χ0) is 15.5. The predicted molar refractivity (Wildman–Crippen MR) is 94.1 cm³/mol. The fourth-order valence-corrected chi connectivity index (χ4v) is 4.18. The van der Waals surface area contributed by atoms with Crippen molar-refractivity contribution in [1.29, 1.82) is 0 Å². The largest absolute Gasteiger partial charge is 0.317 e. The Balaban J connectivity index is 1.45. The third-order valence-electron chi connectivity index (χ3n) is 5.53. The molecule has 1 aromatic carbocycles. The van der Waals surface area contributed by atoms with Gasteiger partial charge in [0.2, 0.25) is 0 Å². The van der Waals surface area contributed by atoms with Crippen LogP contribution in [0.3, 0.4) is 0 Å². The van der Waals surface area contributed by atoms with Crippen molar-refractivity contribution >= 4 is 0 Å². The Bertz CT molecular complexity index is 647. The molecule has 0 amide bonds. The number of benzene rings is 1. The first-order chi connectivity index (χ1) is 11.3. The van der Waals surface area contributed by atoms with E-state index in [1.165, 1.54) is 62.1 Å². The second-order valence-corrected chi connectivity index (χ2v) is 7.15. The molecule has 0 saturated carbocycles. The summed E-state index contributed by atoms with van der Waals surface area (Å²) in [4.78, 5) is 6.76. The molecule has 0 aliphatic carbocycles. The van der Waals surface area contributed by atoms with Crippen LogP contribution < -0.4 is 5.32 Å². The highest BCUT2D eigenvalue weighted by atomic mass is 15.2. The smallest absolute Gasteiger partial charge is 0.0273 e. The summed E-state index contributed by atoms with van der Waals surface area (Å²) in [6.45, 7) is 6.00. The lowest BCUT2D eigenvalue weighted by atomic mass is 9.78. The molecule has 1 spiro atoms. The Kier molecular flexibility index (Phi) is 4.15. The number of hydrogen-bond donors (Lipinski definition) is 1. The predicted octanol–water partition coefficient (Wildman–Crippen LogP) is 3.32. The number of pyridine rings is 1. The minimum Gasteiger partial charge on any atom is -0.317 e. The first kappa shape index (κ1) is 14.9. The molecule has 2 aromatic rings. The second-order valence-electron chi connectivity index (χ2n) is 7.15. The van der Waals surface area contributed by atoms with Gasteiger partial charge in [0, 0.05) is 25.5 Å². The number of aromatic nitrogens is 1. The molecular formula is C20H25N3. The second kappa shape index (κ2) is 6.42. The van der Waals surface area contributed by atoms with Crippen molar-refractivity contribution in [3.63, 3.8) is 0 Å². The van der Waals surface area contributed by atoms with E-state index in [4.69, 9.17) is 0 Å². The van der Waals surface area contributed by atoms with Crippen LogP contribution >= 0.6 is 0 Å². The van der Waals surface area contributed by atoms with E-state index in [0.717, 1.165) is 6.54 Å². The summed E-state index contributed by atoms with van der Waals surface area (Å²) in [6.07, 6.45) is 7.80. The van der Waals surface area contributed by atoms with E-state index in [-0.39, 0.29) is 0 Å². The number of nitrogens with one attached hydrogen (secondary N) is 1. The fraction of sp³-hybridized carbons (Fsp3) is 0.450. The van der Waals surface area contributed by atoms with Crippen LogP contribution in [0, 0.1) is 5.41 Å². The van der Waals surface area contributed by atoms with E-state index in [0.29, 0.717) is 5.41 Å². The van der Waals surface area contributed by atoms with Crippen LogP contribution in [0.25, 0.3) is 11.1 Å². The van der Waals surface area contributed by atoms with Crippen molar-refractivity contribution in [2.75, 3.05) is 26.2 Å². The van der Waals surface area contributed by atoms with Crippen LogP contribution in [0.5, 0.6) is 0 Å². The van der Waals surface area contributed by atoms with Crippen molar-refractivity contribution in [3.8, 4) is 11.1 Å². The molecule has 1 aromatic heterocycles. The van der Waals surface area contributed by atoms with Crippen LogP contribution in [-0.4, -0.2) is 36.1 Å². The molecule has 3 nitrogen and oxygen atoms in total. The SMILES string of the molecule is c1cc(CN2CCC3(CCNCC3)C2)cc(-c2ccncc2)c1. The van der Waals surface area contributed by atoms with Crippen LogP contribution in [0.4, 0.5) is 0 Å². The molecule has 3 heterocycles. The first-order valence-corrected chi connectivity index (χ1v) is 8.76. The van der Waals surface area contributed by atoms with Gasteiger partial charge in [-0.25, -0.2) is 0 Å². The van der Waals surface area contributed by atoms with Gasteiger partial charge in [0.05, 0.1) is 0 Å². The van der Waals surface area contributed by atoms with Crippen LogP contribution in [0.15, 0.2) is 48.8 Å². The fourth-order valence-electron chi connectivity index (χ4n) is 4.18. The van der Waals surface area contributed by atoms with Crippen LogP contribution in [0.1, 0.15) is 24.8 Å². The third kappa shape index (κ3) is 3.31. The number of nitrogens with zero attached hydrogens (tertiary/aromatic N) is 2. The minimum absolute atomic E-state index is 0.591. The van der Waals surface area contributed by atoms with Gasteiger partial charge in [0.15, 0.2) is 0 Å². The summed E-state index contributed by atoms with van der Waals surface area (Å²) in [5, 5.41) is 3.50. The molecule has 120 valence electrons. The number of likely N-dealkylation sites (tertiary alicyclic amines) is 1. The Morgan fingerprint density at radius 3 is 2.65 bits per heavy atom. The molecule has 23 heavy (non-hydrogen) atoms. The van der Waals surface area contributed by atoms with E-state index in [2.05, 4.69) is 51.6 Å². The van der Waals surface area contributed by atoms with Gasteiger partial charge in [-0.2, -0.15) is 0 Å². The first-order valence-electron chi connectivity index (χ1n) is 8.76. The molecule has 0 bridgehead atoms. The highest BCUT2D eigenvalue weighted by Gasteiger charge is 2.38. The maximum atomic E-state index is 4.11. The van der Waals surface area contributed by atoms with Crippen molar-refractivity contribution in [3.05, 3.63) is 54.4 Å². The lowest BCUT2D eigenvalue weighted by Gasteiger charge is -2.34. The Morgan fingerprint density at radius 2 is 1.83 bits per heavy atom. The van der Waals surface area contributed by atoms with Crippen molar-refractivity contribution in [1.82, 2.24) is 15.2 Å².